The summed E-state index contributed by atoms with van der Waals surface area (Å²) in [5, 5.41) is 2.68. The van der Waals surface area contributed by atoms with Crippen molar-refractivity contribution in [2.24, 2.45) is 5.92 Å². The second-order valence-electron chi connectivity index (χ2n) is 5.07. The molecule has 2 atom stereocenters. The van der Waals surface area contributed by atoms with Crippen molar-refractivity contribution in [1.82, 2.24) is 5.32 Å². The first-order valence-corrected chi connectivity index (χ1v) is 6.98. The third-order valence-corrected chi connectivity index (χ3v) is 2.61. The number of hydrogen-bond acceptors (Lipinski definition) is 4. The fourth-order valence-corrected chi connectivity index (χ4v) is 1.26. The number of nitrogens with one attached hydrogen (secondary N) is 1. The zero-order valence-electron chi connectivity index (χ0n) is 12.7. The largest absolute Gasteiger partial charge is 0.451 e. The van der Waals surface area contributed by atoms with Gasteiger partial charge in [0.05, 0.1) is 0 Å². The van der Waals surface area contributed by atoms with Crippen LogP contribution < -0.4 is 5.32 Å². The maximum Gasteiger partial charge on any atom is 0.335 e. The average Bonchev–Trinajstić information content (AvgIpc) is 2.34. The predicted octanol–water partition coefficient (Wildman–Crippen LogP) is 1.90. The Bertz CT molecular complexity index is 279. The smallest absolute Gasteiger partial charge is 0.335 e. The molecule has 5 heteroatoms. The van der Waals surface area contributed by atoms with Gasteiger partial charge in [0.1, 0.15) is 0 Å². The summed E-state index contributed by atoms with van der Waals surface area (Å²) in [7, 11) is 0. The summed E-state index contributed by atoms with van der Waals surface area (Å²) in [5.74, 6) is -0.241. The Hall–Kier alpha value is -1.10. The minimum absolute atomic E-state index is 0.274. The van der Waals surface area contributed by atoms with Crippen molar-refractivity contribution in [3.8, 4) is 0 Å². The zero-order chi connectivity index (χ0) is 14.8. The molecule has 0 aliphatic carbocycles. The summed E-state index contributed by atoms with van der Waals surface area (Å²) >= 11 is 0. The Labute approximate surface area is 116 Å². The predicted molar refractivity (Wildman–Crippen MR) is 73.7 cm³/mol. The summed E-state index contributed by atoms with van der Waals surface area (Å²) in [6.07, 6.45) is 0.320. The number of ether oxygens (including phenoxy) is 2. The summed E-state index contributed by atoms with van der Waals surface area (Å²) in [6.45, 7) is 10.4. The molecule has 0 radical (unpaired) electrons. The quantitative estimate of drug-likeness (QED) is 0.652. The minimum atomic E-state index is -0.782. The van der Waals surface area contributed by atoms with E-state index in [0.29, 0.717) is 19.1 Å². The highest BCUT2D eigenvalue weighted by Crippen LogP contribution is 2.04. The first-order valence-electron chi connectivity index (χ1n) is 6.98. The Morgan fingerprint density at radius 2 is 1.74 bits per heavy atom. The summed E-state index contributed by atoms with van der Waals surface area (Å²) in [6, 6.07) is 0. The van der Waals surface area contributed by atoms with E-state index in [1.165, 1.54) is 0 Å². The van der Waals surface area contributed by atoms with Gasteiger partial charge in [-0.3, -0.25) is 4.79 Å². The van der Waals surface area contributed by atoms with E-state index in [0.717, 1.165) is 12.8 Å². The molecule has 0 aliphatic rings. The van der Waals surface area contributed by atoms with Gasteiger partial charge >= 0.3 is 5.97 Å². The maximum absolute atomic E-state index is 11.7. The van der Waals surface area contributed by atoms with Crippen LogP contribution in [0.2, 0.25) is 0 Å². The highest BCUT2D eigenvalue weighted by atomic mass is 16.6. The summed E-state index contributed by atoms with van der Waals surface area (Å²) in [5.41, 5.74) is 0. The molecule has 0 saturated heterocycles. The lowest BCUT2D eigenvalue weighted by Gasteiger charge is -2.17. The van der Waals surface area contributed by atoms with Gasteiger partial charge in [-0.2, -0.15) is 0 Å². The lowest BCUT2D eigenvalue weighted by Crippen LogP contribution is -2.38. The number of carbonyl (C=O) groups excluding carboxylic acids is 2. The van der Waals surface area contributed by atoms with Gasteiger partial charge in [0.2, 0.25) is 0 Å². The number of amides is 1. The second kappa shape index (κ2) is 9.78. The van der Waals surface area contributed by atoms with Crippen LogP contribution in [-0.2, 0) is 19.1 Å². The molecule has 5 nitrogen and oxygen atoms in total. The monoisotopic (exact) mass is 273 g/mol. The van der Waals surface area contributed by atoms with Crippen LogP contribution in [0.4, 0.5) is 0 Å². The molecule has 0 aromatic carbocycles. The molecule has 0 rings (SSSR count). The van der Waals surface area contributed by atoms with Gasteiger partial charge in [0.15, 0.2) is 12.2 Å². The van der Waals surface area contributed by atoms with E-state index in [1.807, 2.05) is 6.92 Å². The van der Waals surface area contributed by atoms with Crippen molar-refractivity contribution in [3.05, 3.63) is 0 Å². The molecule has 1 amide bonds. The van der Waals surface area contributed by atoms with E-state index in [4.69, 9.17) is 9.47 Å². The molecule has 2 unspecified atom stereocenters. The standard InChI is InChI=1S/C14H27NO4/c1-6-8-15-13(16)11(4)19-14(17)12(5)18-9-7-10(2)3/h10-12H,6-9H2,1-5H3,(H,15,16). The van der Waals surface area contributed by atoms with E-state index < -0.39 is 18.2 Å². The molecule has 0 aromatic rings. The van der Waals surface area contributed by atoms with Gasteiger partial charge < -0.3 is 14.8 Å². The first kappa shape index (κ1) is 17.9. The molecular weight excluding hydrogens is 246 g/mol. The number of esters is 1. The van der Waals surface area contributed by atoms with Crippen LogP contribution in [0.25, 0.3) is 0 Å². The SMILES string of the molecule is CCCNC(=O)C(C)OC(=O)C(C)OCCC(C)C. The van der Waals surface area contributed by atoms with Crippen molar-refractivity contribution in [3.63, 3.8) is 0 Å². The lowest BCUT2D eigenvalue weighted by molar-refractivity contribution is -0.165. The molecule has 0 fully saturated rings. The molecule has 0 spiro atoms. The molecule has 19 heavy (non-hydrogen) atoms. The van der Waals surface area contributed by atoms with Crippen molar-refractivity contribution >= 4 is 11.9 Å². The lowest BCUT2D eigenvalue weighted by atomic mass is 10.1. The third kappa shape index (κ3) is 8.59. The molecule has 0 saturated carbocycles. The summed E-state index contributed by atoms with van der Waals surface area (Å²) in [4.78, 5) is 23.2. The highest BCUT2D eigenvalue weighted by molar-refractivity contribution is 5.84. The van der Waals surface area contributed by atoms with Crippen LogP contribution in [0.5, 0.6) is 0 Å². The molecule has 0 aliphatic heterocycles. The van der Waals surface area contributed by atoms with Crippen molar-refractivity contribution in [1.29, 1.82) is 0 Å². The van der Waals surface area contributed by atoms with Crippen molar-refractivity contribution in [2.45, 2.75) is 59.7 Å². The Balaban J connectivity index is 3.96. The van der Waals surface area contributed by atoms with Crippen molar-refractivity contribution < 1.29 is 19.1 Å². The Kier molecular flexibility index (Phi) is 9.21. The van der Waals surface area contributed by atoms with Gasteiger partial charge in [-0.25, -0.2) is 4.79 Å². The van der Waals surface area contributed by atoms with Crippen LogP contribution >= 0.6 is 0 Å². The minimum Gasteiger partial charge on any atom is -0.451 e. The molecular formula is C14H27NO4. The zero-order valence-corrected chi connectivity index (χ0v) is 12.7. The van der Waals surface area contributed by atoms with Gasteiger partial charge in [0, 0.05) is 13.2 Å². The summed E-state index contributed by atoms with van der Waals surface area (Å²) < 4.78 is 10.4. The van der Waals surface area contributed by atoms with Crippen LogP contribution in [0.15, 0.2) is 0 Å². The fourth-order valence-electron chi connectivity index (χ4n) is 1.26. The number of hydrogen-bond donors (Lipinski definition) is 1. The second-order valence-corrected chi connectivity index (χ2v) is 5.07. The van der Waals surface area contributed by atoms with E-state index in [1.54, 1.807) is 13.8 Å². The normalized spacial score (nSPS) is 14.0. The van der Waals surface area contributed by atoms with Gasteiger partial charge in [-0.15, -0.1) is 0 Å². The van der Waals surface area contributed by atoms with Gasteiger partial charge in [0.25, 0.3) is 5.91 Å². The Morgan fingerprint density at radius 1 is 1.11 bits per heavy atom. The molecule has 0 aromatic heterocycles. The average molecular weight is 273 g/mol. The van der Waals surface area contributed by atoms with E-state index >= 15 is 0 Å². The van der Waals surface area contributed by atoms with Crippen LogP contribution in [0, 0.1) is 5.92 Å². The molecule has 112 valence electrons. The number of rotatable bonds is 9. The highest BCUT2D eigenvalue weighted by Gasteiger charge is 2.21. The fraction of sp³-hybridized carbons (Fsp3) is 0.857. The van der Waals surface area contributed by atoms with Gasteiger partial charge in [-0.05, 0) is 32.6 Å². The third-order valence-electron chi connectivity index (χ3n) is 2.61. The van der Waals surface area contributed by atoms with Crippen LogP contribution in [0.1, 0.15) is 47.5 Å². The number of carbonyl (C=O) groups is 2. The van der Waals surface area contributed by atoms with E-state index in [2.05, 4.69) is 19.2 Å². The topological polar surface area (TPSA) is 64.6 Å². The van der Waals surface area contributed by atoms with Gasteiger partial charge in [-0.1, -0.05) is 20.8 Å². The Morgan fingerprint density at radius 3 is 2.26 bits per heavy atom. The molecule has 0 heterocycles. The van der Waals surface area contributed by atoms with E-state index in [-0.39, 0.29) is 5.91 Å². The van der Waals surface area contributed by atoms with Crippen LogP contribution in [0.3, 0.4) is 0 Å². The van der Waals surface area contributed by atoms with E-state index in [9.17, 15) is 9.59 Å². The maximum atomic E-state index is 11.7. The molecule has 0 bridgehead atoms. The first-order chi connectivity index (χ1) is 8.88. The van der Waals surface area contributed by atoms with Crippen LogP contribution in [-0.4, -0.2) is 37.2 Å². The molecule has 1 N–H and O–H groups in total. The van der Waals surface area contributed by atoms with Crippen molar-refractivity contribution in [2.75, 3.05) is 13.2 Å².